The first-order valence-corrected chi connectivity index (χ1v) is 9.49. The van der Waals surface area contributed by atoms with Gasteiger partial charge >= 0.3 is 11.9 Å². The zero-order chi connectivity index (χ0) is 20.8. The number of benzene rings is 1. The maximum Gasteiger partial charge on any atom is 0.321 e. The molecule has 0 spiro atoms. The van der Waals surface area contributed by atoms with Gasteiger partial charge in [-0.3, -0.25) is 14.9 Å². The van der Waals surface area contributed by atoms with E-state index in [1.54, 1.807) is 18.2 Å². The van der Waals surface area contributed by atoms with Gasteiger partial charge in [0.25, 0.3) is 0 Å². The molecule has 3 N–H and O–H groups in total. The average Bonchev–Trinajstić information content (AvgIpc) is 2.98. The summed E-state index contributed by atoms with van der Waals surface area (Å²) in [6.45, 7) is 3.74. The lowest BCUT2D eigenvalue weighted by Gasteiger charge is -2.20. The lowest BCUT2D eigenvalue weighted by molar-refractivity contribution is -0.143. The molecule has 0 amide bonds. The predicted molar refractivity (Wildman–Crippen MR) is 105 cm³/mol. The first-order chi connectivity index (χ1) is 13.1. The van der Waals surface area contributed by atoms with Crippen LogP contribution in [0.25, 0.3) is 0 Å². The molecule has 1 aromatic carbocycles. The third-order valence-electron chi connectivity index (χ3n) is 3.99. The highest BCUT2D eigenvalue weighted by Crippen LogP contribution is 2.21. The summed E-state index contributed by atoms with van der Waals surface area (Å²) in [7, 11) is 0. The van der Waals surface area contributed by atoms with Crippen LogP contribution in [0.2, 0.25) is 10.0 Å². The SMILES string of the molecule is CC(C)CC(NC(Cc1nc(Cc2cc(Cl)cc(Cl)c2)co1)C(=O)O)C(=O)O. The molecule has 0 aliphatic heterocycles. The average molecular weight is 429 g/mol. The Bertz CT molecular complexity index is 817. The molecule has 2 rings (SSSR count). The highest BCUT2D eigenvalue weighted by molar-refractivity contribution is 6.34. The number of rotatable bonds is 10. The lowest BCUT2D eigenvalue weighted by Crippen LogP contribution is -2.48. The van der Waals surface area contributed by atoms with Gasteiger partial charge in [0.05, 0.1) is 12.1 Å². The number of carboxylic acids is 2. The summed E-state index contributed by atoms with van der Waals surface area (Å²) >= 11 is 12.0. The Morgan fingerprint density at radius 3 is 2.25 bits per heavy atom. The van der Waals surface area contributed by atoms with Crippen molar-refractivity contribution in [2.75, 3.05) is 0 Å². The number of aromatic nitrogens is 1. The molecule has 1 heterocycles. The van der Waals surface area contributed by atoms with Crippen LogP contribution in [-0.2, 0) is 22.4 Å². The normalized spacial score (nSPS) is 13.5. The molecule has 0 aliphatic rings. The van der Waals surface area contributed by atoms with Crippen molar-refractivity contribution in [1.82, 2.24) is 10.3 Å². The van der Waals surface area contributed by atoms with Gasteiger partial charge in [-0.15, -0.1) is 0 Å². The molecule has 0 aliphatic carbocycles. The number of carboxylic acid groups (broad SMARTS) is 2. The largest absolute Gasteiger partial charge is 0.480 e. The van der Waals surface area contributed by atoms with Gasteiger partial charge in [-0.25, -0.2) is 4.98 Å². The van der Waals surface area contributed by atoms with Crippen LogP contribution in [0, 0.1) is 5.92 Å². The van der Waals surface area contributed by atoms with E-state index in [9.17, 15) is 19.8 Å². The molecule has 2 unspecified atom stereocenters. The fourth-order valence-electron chi connectivity index (χ4n) is 2.79. The first-order valence-electron chi connectivity index (χ1n) is 8.74. The smallest absolute Gasteiger partial charge is 0.321 e. The Kier molecular flexibility index (Phi) is 7.86. The summed E-state index contributed by atoms with van der Waals surface area (Å²) in [6, 6.07) is 3.04. The fourth-order valence-corrected chi connectivity index (χ4v) is 3.36. The Morgan fingerprint density at radius 1 is 1.11 bits per heavy atom. The van der Waals surface area contributed by atoms with E-state index in [2.05, 4.69) is 10.3 Å². The molecule has 0 bridgehead atoms. The zero-order valence-corrected chi connectivity index (χ0v) is 17.0. The molecule has 0 radical (unpaired) electrons. The molecular weight excluding hydrogens is 407 g/mol. The van der Waals surface area contributed by atoms with Gasteiger partial charge in [0.1, 0.15) is 18.3 Å². The third-order valence-corrected chi connectivity index (χ3v) is 4.43. The number of halogens is 2. The van der Waals surface area contributed by atoms with Crippen LogP contribution < -0.4 is 5.32 Å². The van der Waals surface area contributed by atoms with Crippen molar-refractivity contribution in [3.63, 3.8) is 0 Å². The molecule has 0 fully saturated rings. The standard InChI is InChI=1S/C19H22Cl2N2O5/c1-10(2)3-15(18(24)25)23-16(19(26)27)8-17-22-14(9-28-17)6-11-4-12(20)7-13(21)5-11/h4-5,7,9-10,15-16,23H,3,6,8H2,1-2H3,(H,24,25)(H,26,27). The van der Waals surface area contributed by atoms with Gasteiger partial charge in [0.2, 0.25) is 0 Å². The number of nitrogens with one attached hydrogen (secondary N) is 1. The second kappa shape index (κ2) is 9.91. The number of hydrogen-bond acceptors (Lipinski definition) is 5. The van der Waals surface area contributed by atoms with Crippen LogP contribution in [0.3, 0.4) is 0 Å². The maximum absolute atomic E-state index is 11.6. The van der Waals surface area contributed by atoms with E-state index >= 15 is 0 Å². The number of nitrogens with zero attached hydrogens (tertiary/aromatic N) is 1. The van der Waals surface area contributed by atoms with Gasteiger partial charge in [-0.2, -0.15) is 0 Å². The number of hydrogen-bond donors (Lipinski definition) is 3. The van der Waals surface area contributed by atoms with E-state index in [0.29, 0.717) is 28.6 Å². The molecule has 28 heavy (non-hydrogen) atoms. The zero-order valence-electron chi connectivity index (χ0n) is 15.5. The lowest BCUT2D eigenvalue weighted by atomic mass is 10.0. The van der Waals surface area contributed by atoms with Crippen LogP contribution in [0.5, 0.6) is 0 Å². The van der Waals surface area contributed by atoms with Gasteiger partial charge in [0.15, 0.2) is 5.89 Å². The number of oxazole rings is 1. The minimum Gasteiger partial charge on any atom is -0.480 e. The van der Waals surface area contributed by atoms with E-state index in [-0.39, 0.29) is 18.2 Å². The van der Waals surface area contributed by atoms with Crippen molar-refractivity contribution >= 4 is 35.1 Å². The summed E-state index contributed by atoms with van der Waals surface area (Å²) in [5.41, 5.74) is 1.43. The minimum absolute atomic E-state index is 0.0759. The molecule has 0 saturated heterocycles. The topological polar surface area (TPSA) is 113 Å². The second-order valence-electron chi connectivity index (χ2n) is 6.97. The van der Waals surface area contributed by atoms with E-state index in [1.807, 2.05) is 13.8 Å². The first kappa shape index (κ1) is 22.2. The van der Waals surface area contributed by atoms with Crippen molar-refractivity contribution in [1.29, 1.82) is 0 Å². The monoisotopic (exact) mass is 428 g/mol. The fraction of sp³-hybridized carbons (Fsp3) is 0.421. The second-order valence-corrected chi connectivity index (χ2v) is 7.84. The molecule has 9 heteroatoms. The highest BCUT2D eigenvalue weighted by Gasteiger charge is 2.28. The van der Waals surface area contributed by atoms with E-state index < -0.39 is 24.0 Å². The molecular formula is C19H22Cl2N2O5. The molecule has 0 saturated carbocycles. The van der Waals surface area contributed by atoms with Crippen molar-refractivity contribution in [2.45, 2.75) is 45.2 Å². The van der Waals surface area contributed by atoms with Crippen LogP contribution >= 0.6 is 23.2 Å². The van der Waals surface area contributed by atoms with Crippen molar-refractivity contribution in [3.05, 3.63) is 51.7 Å². The van der Waals surface area contributed by atoms with Gasteiger partial charge < -0.3 is 14.6 Å². The van der Waals surface area contributed by atoms with Crippen LogP contribution in [-0.4, -0.2) is 39.2 Å². The molecule has 2 atom stereocenters. The minimum atomic E-state index is -1.17. The Morgan fingerprint density at radius 2 is 1.71 bits per heavy atom. The van der Waals surface area contributed by atoms with E-state index in [0.717, 1.165) is 5.56 Å². The van der Waals surface area contributed by atoms with Crippen molar-refractivity contribution in [2.24, 2.45) is 5.92 Å². The van der Waals surface area contributed by atoms with Gasteiger partial charge in [-0.05, 0) is 36.1 Å². The van der Waals surface area contributed by atoms with E-state index in [1.165, 1.54) is 6.26 Å². The number of carbonyl (C=O) groups is 2. The molecule has 1 aromatic heterocycles. The molecule has 2 aromatic rings. The third kappa shape index (κ3) is 6.82. The predicted octanol–water partition coefficient (Wildman–Crippen LogP) is 3.66. The number of aliphatic carboxylic acids is 2. The van der Waals surface area contributed by atoms with Crippen molar-refractivity contribution in [3.8, 4) is 0 Å². The van der Waals surface area contributed by atoms with Crippen LogP contribution in [0.4, 0.5) is 0 Å². The van der Waals surface area contributed by atoms with Crippen LogP contribution in [0.15, 0.2) is 28.9 Å². The molecule has 152 valence electrons. The maximum atomic E-state index is 11.6. The summed E-state index contributed by atoms with van der Waals surface area (Å²) in [5.74, 6) is -1.96. The Labute approximate surface area is 172 Å². The summed E-state index contributed by atoms with van der Waals surface area (Å²) < 4.78 is 5.37. The van der Waals surface area contributed by atoms with Crippen molar-refractivity contribution < 1.29 is 24.2 Å². The van der Waals surface area contributed by atoms with Gasteiger partial charge in [-0.1, -0.05) is 37.0 Å². The Balaban J connectivity index is 2.07. The molecule has 7 nitrogen and oxygen atoms in total. The Hall–Kier alpha value is -2.09. The van der Waals surface area contributed by atoms with Gasteiger partial charge in [0, 0.05) is 16.5 Å². The quantitative estimate of drug-likeness (QED) is 0.528. The summed E-state index contributed by atoms with van der Waals surface area (Å²) in [4.78, 5) is 27.3. The van der Waals surface area contributed by atoms with Crippen LogP contribution in [0.1, 0.15) is 37.4 Å². The summed E-state index contributed by atoms with van der Waals surface area (Å²) in [6.07, 6.45) is 2.09. The summed E-state index contributed by atoms with van der Waals surface area (Å²) in [5, 5.41) is 22.4. The van der Waals surface area contributed by atoms with E-state index in [4.69, 9.17) is 27.6 Å². The highest BCUT2D eigenvalue weighted by atomic mass is 35.5.